The molecule has 2 N–H and O–H groups in total. The highest BCUT2D eigenvalue weighted by Gasteiger charge is 2.07. The maximum absolute atomic E-state index is 11.9. The zero-order valence-corrected chi connectivity index (χ0v) is 13.2. The number of carbonyl (C=O) groups is 2. The minimum absolute atomic E-state index is 0.0654. The van der Waals surface area contributed by atoms with Crippen molar-refractivity contribution in [2.45, 2.75) is 13.3 Å². The maximum Gasteiger partial charge on any atom is 0.272 e. The lowest BCUT2D eigenvalue weighted by Gasteiger charge is -2.05. The summed E-state index contributed by atoms with van der Waals surface area (Å²) < 4.78 is 0. The van der Waals surface area contributed by atoms with E-state index in [2.05, 4.69) is 20.8 Å². The number of benzene rings is 1. The summed E-state index contributed by atoms with van der Waals surface area (Å²) in [5.41, 5.74) is 3.91. The van der Waals surface area contributed by atoms with E-state index in [0.29, 0.717) is 22.0 Å². The molecule has 2 aromatic rings. The largest absolute Gasteiger partial charge is 0.326 e. The molecule has 7 heteroatoms. The number of nitrogens with one attached hydrogen (secondary N) is 2. The van der Waals surface area contributed by atoms with Gasteiger partial charge in [0.2, 0.25) is 5.91 Å². The summed E-state index contributed by atoms with van der Waals surface area (Å²) in [7, 11) is 0. The number of halogens is 1. The molecule has 0 saturated carbocycles. The molecule has 0 aliphatic rings. The molecule has 0 atom stereocenters. The van der Waals surface area contributed by atoms with Crippen LogP contribution >= 0.6 is 11.6 Å². The minimum Gasteiger partial charge on any atom is -0.326 e. The topological polar surface area (TPSA) is 83.5 Å². The van der Waals surface area contributed by atoms with Crippen LogP contribution in [0.2, 0.25) is 5.02 Å². The zero-order chi connectivity index (χ0) is 16.7. The summed E-state index contributed by atoms with van der Waals surface area (Å²) >= 11 is 5.78. The van der Waals surface area contributed by atoms with Crippen LogP contribution in [0.15, 0.2) is 53.9 Å². The highest BCUT2D eigenvalue weighted by Crippen LogP contribution is 2.13. The van der Waals surface area contributed by atoms with E-state index in [0.717, 1.165) is 0 Å². The van der Waals surface area contributed by atoms with Gasteiger partial charge >= 0.3 is 0 Å². The number of amides is 2. The average Bonchev–Trinajstić information content (AvgIpc) is 2.55. The van der Waals surface area contributed by atoms with Crippen LogP contribution in [0.4, 0.5) is 5.69 Å². The molecule has 0 unspecified atom stereocenters. The van der Waals surface area contributed by atoms with Crippen LogP contribution in [-0.4, -0.2) is 22.5 Å². The lowest BCUT2D eigenvalue weighted by Crippen LogP contribution is -2.21. The first-order valence-corrected chi connectivity index (χ1v) is 7.21. The van der Waals surface area contributed by atoms with E-state index in [4.69, 9.17) is 11.6 Å². The molecular formula is C16H15ClN4O2. The van der Waals surface area contributed by atoms with Gasteiger partial charge in [0.15, 0.2) is 0 Å². The Morgan fingerprint density at radius 3 is 2.61 bits per heavy atom. The van der Waals surface area contributed by atoms with Gasteiger partial charge in [0.25, 0.3) is 5.91 Å². The van der Waals surface area contributed by atoms with E-state index in [1.54, 1.807) is 49.5 Å². The van der Waals surface area contributed by atoms with Gasteiger partial charge in [-0.15, -0.1) is 0 Å². The molecule has 1 aromatic carbocycles. The third-order valence-electron chi connectivity index (χ3n) is 2.82. The van der Waals surface area contributed by atoms with Crippen LogP contribution < -0.4 is 10.7 Å². The lowest BCUT2D eigenvalue weighted by molar-refractivity contribution is -0.115. The van der Waals surface area contributed by atoms with Crippen molar-refractivity contribution in [3.05, 3.63) is 59.4 Å². The number of rotatable bonds is 5. The van der Waals surface area contributed by atoms with Crippen LogP contribution in [0.25, 0.3) is 0 Å². The Morgan fingerprint density at radius 1 is 1.22 bits per heavy atom. The van der Waals surface area contributed by atoms with Crippen molar-refractivity contribution in [3.8, 4) is 0 Å². The first kappa shape index (κ1) is 16.6. The molecule has 0 fully saturated rings. The van der Waals surface area contributed by atoms with Crippen molar-refractivity contribution in [1.82, 2.24) is 10.4 Å². The van der Waals surface area contributed by atoms with E-state index in [9.17, 15) is 9.59 Å². The van der Waals surface area contributed by atoms with Crippen LogP contribution in [0.5, 0.6) is 0 Å². The molecule has 1 heterocycles. The highest BCUT2D eigenvalue weighted by molar-refractivity contribution is 6.30. The highest BCUT2D eigenvalue weighted by atomic mass is 35.5. The average molecular weight is 331 g/mol. The van der Waals surface area contributed by atoms with Gasteiger partial charge in [0.05, 0.1) is 12.0 Å². The van der Waals surface area contributed by atoms with Crippen LogP contribution in [0.3, 0.4) is 0 Å². The summed E-state index contributed by atoms with van der Waals surface area (Å²) in [4.78, 5) is 27.5. The number of nitrogens with zero attached hydrogens (tertiary/aromatic N) is 2. The molecule has 0 bridgehead atoms. The molecule has 2 amide bonds. The van der Waals surface area contributed by atoms with E-state index in [1.807, 2.05) is 0 Å². The van der Waals surface area contributed by atoms with E-state index >= 15 is 0 Å². The Hall–Kier alpha value is -2.73. The quantitative estimate of drug-likeness (QED) is 0.653. The number of pyridine rings is 1. The first-order valence-electron chi connectivity index (χ1n) is 6.83. The van der Waals surface area contributed by atoms with Gasteiger partial charge in [0.1, 0.15) is 0 Å². The molecule has 0 radical (unpaired) electrons. The van der Waals surface area contributed by atoms with Crippen molar-refractivity contribution in [2.24, 2.45) is 5.10 Å². The van der Waals surface area contributed by atoms with E-state index in [-0.39, 0.29) is 18.2 Å². The molecule has 0 aliphatic carbocycles. The predicted molar refractivity (Wildman–Crippen MR) is 89.5 cm³/mol. The number of aromatic nitrogens is 1. The number of anilines is 1. The molecular weight excluding hydrogens is 316 g/mol. The van der Waals surface area contributed by atoms with Crippen LogP contribution in [0, 0.1) is 0 Å². The Labute approximate surface area is 138 Å². The molecule has 0 aliphatic heterocycles. The third-order valence-corrected chi connectivity index (χ3v) is 3.07. The Balaban J connectivity index is 1.85. The molecule has 2 rings (SSSR count). The second-order valence-corrected chi connectivity index (χ2v) is 5.20. The van der Waals surface area contributed by atoms with Gasteiger partial charge in [-0.25, -0.2) is 5.43 Å². The maximum atomic E-state index is 11.9. The molecule has 0 saturated heterocycles. The normalized spacial score (nSPS) is 11.0. The summed E-state index contributed by atoms with van der Waals surface area (Å²) in [6.07, 6.45) is 3.08. The minimum atomic E-state index is -0.379. The fourth-order valence-corrected chi connectivity index (χ4v) is 1.84. The van der Waals surface area contributed by atoms with Crippen LogP contribution in [-0.2, 0) is 4.79 Å². The fourth-order valence-electron chi connectivity index (χ4n) is 1.72. The zero-order valence-electron chi connectivity index (χ0n) is 12.4. The van der Waals surface area contributed by atoms with Gasteiger partial charge in [-0.3, -0.25) is 14.6 Å². The van der Waals surface area contributed by atoms with Gasteiger partial charge in [-0.1, -0.05) is 11.6 Å². The fraction of sp³-hybridized carbons (Fsp3) is 0.125. The summed E-state index contributed by atoms with van der Waals surface area (Å²) in [5.74, 6) is -0.611. The third kappa shape index (κ3) is 5.52. The molecule has 6 nitrogen and oxygen atoms in total. The first-order chi connectivity index (χ1) is 11.0. The van der Waals surface area contributed by atoms with Crippen molar-refractivity contribution < 1.29 is 9.59 Å². The van der Waals surface area contributed by atoms with Gasteiger partial charge in [0, 0.05) is 28.8 Å². The molecule has 1 aromatic heterocycles. The molecule has 118 valence electrons. The van der Waals surface area contributed by atoms with Gasteiger partial charge < -0.3 is 5.32 Å². The predicted octanol–water partition coefficient (Wildman–Crippen LogP) is 2.87. The molecule has 0 spiro atoms. The Morgan fingerprint density at radius 2 is 1.96 bits per heavy atom. The van der Waals surface area contributed by atoms with Crippen molar-refractivity contribution in [3.63, 3.8) is 0 Å². The second-order valence-electron chi connectivity index (χ2n) is 4.76. The van der Waals surface area contributed by atoms with Crippen molar-refractivity contribution in [2.75, 3.05) is 5.32 Å². The summed E-state index contributed by atoms with van der Waals surface area (Å²) in [6, 6.07) is 10.1. The number of hydrogen-bond donors (Lipinski definition) is 2. The van der Waals surface area contributed by atoms with Gasteiger partial charge in [-0.05, 0) is 43.3 Å². The standard InChI is InChI=1S/C16H15ClN4O2/c1-11(20-21-16(23)12-3-2-8-18-10-12)9-15(22)19-14-6-4-13(17)5-7-14/h2-8,10H,9H2,1H3,(H,19,22)(H,21,23)/b20-11+. The number of hydrogen-bond acceptors (Lipinski definition) is 4. The monoisotopic (exact) mass is 330 g/mol. The summed E-state index contributed by atoms with van der Waals surface area (Å²) in [5, 5.41) is 7.22. The Bertz CT molecular complexity index is 715. The SMILES string of the molecule is C/C(CC(=O)Nc1ccc(Cl)cc1)=N\NC(=O)c1cccnc1. The summed E-state index contributed by atoms with van der Waals surface area (Å²) in [6.45, 7) is 1.66. The van der Waals surface area contributed by atoms with Crippen molar-refractivity contribution in [1.29, 1.82) is 0 Å². The lowest BCUT2D eigenvalue weighted by atomic mass is 10.2. The van der Waals surface area contributed by atoms with Crippen molar-refractivity contribution >= 4 is 34.8 Å². The number of hydrazone groups is 1. The Kier molecular flexibility index (Phi) is 5.82. The molecule has 23 heavy (non-hydrogen) atoms. The van der Waals surface area contributed by atoms with Crippen LogP contribution in [0.1, 0.15) is 23.7 Å². The van der Waals surface area contributed by atoms with E-state index < -0.39 is 0 Å². The second kappa shape index (κ2) is 8.05. The van der Waals surface area contributed by atoms with E-state index in [1.165, 1.54) is 6.20 Å². The smallest absolute Gasteiger partial charge is 0.272 e. The number of carbonyl (C=O) groups excluding carboxylic acids is 2. The van der Waals surface area contributed by atoms with Gasteiger partial charge in [-0.2, -0.15) is 5.10 Å².